The van der Waals surface area contributed by atoms with Crippen molar-refractivity contribution in [3.63, 3.8) is 0 Å². The van der Waals surface area contributed by atoms with Crippen LogP contribution < -0.4 is 10.6 Å². The van der Waals surface area contributed by atoms with Crippen LogP contribution in [0.15, 0.2) is 72.5 Å². The Hall–Kier alpha value is -2.27. The van der Waals surface area contributed by atoms with Gasteiger partial charge in [0.25, 0.3) is 0 Å². The number of hydrogen-bond donors (Lipinski definition) is 0. The molecule has 2 aromatic rings. The van der Waals surface area contributed by atoms with Crippen LogP contribution in [0, 0.1) is 11.8 Å². The van der Waals surface area contributed by atoms with Crippen molar-refractivity contribution in [2.45, 2.75) is 61.0 Å². The van der Waals surface area contributed by atoms with E-state index in [-0.39, 0.29) is 24.4 Å². The molecule has 2 aliphatic carbocycles. The summed E-state index contributed by atoms with van der Waals surface area (Å²) in [5.74, 6) is -15.7. The molecule has 2 aromatic carbocycles. The summed E-state index contributed by atoms with van der Waals surface area (Å²) < 4.78 is 148. The number of rotatable bonds is 8. The van der Waals surface area contributed by atoms with Gasteiger partial charge in [0, 0.05) is 6.42 Å². The predicted octanol–water partition coefficient (Wildman–Crippen LogP) is 7.35. The van der Waals surface area contributed by atoms with Crippen LogP contribution in [0.2, 0.25) is 0 Å². The number of hydrogen-bond acceptors (Lipinski definition) is 3. The van der Waals surface area contributed by atoms with Crippen LogP contribution in [0.25, 0.3) is 0 Å². The van der Waals surface area contributed by atoms with Crippen molar-refractivity contribution in [2.24, 2.45) is 11.8 Å². The van der Waals surface area contributed by atoms with E-state index in [0.717, 1.165) is 17.0 Å². The fourth-order valence-electron chi connectivity index (χ4n) is 5.22. The van der Waals surface area contributed by atoms with Gasteiger partial charge in [0.15, 0.2) is 0 Å². The van der Waals surface area contributed by atoms with Crippen molar-refractivity contribution < 1.29 is 52.1 Å². The van der Waals surface area contributed by atoms with Crippen LogP contribution in [0.3, 0.4) is 0 Å². The Bertz CT molecular complexity index is 1280. The Balaban J connectivity index is 1.59. The minimum absolute atomic E-state index is 0.00575. The molecule has 0 saturated heterocycles. The molecule has 220 valence electrons. The zero-order valence-corrected chi connectivity index (χ0v) is 22.3. The molecule has 0 spiro atoms. The number of allylic oxidation sites excluding steroid dienone is 2. The SMILES string of the molecule is O=S(=O)(OC1=CC2CC(P(c3ccccc3)c3ccccc3)CCC2CC1)C(F)(F)C(F)(F)C(F)(F)C(F)(F)F. The molecule has 0 aromatic heterocycles. The summed E-state index contributed by atoms with van der Waals surface area (Å²) >= 11 is 0. The van der Waals surface area contributed by atoms with Gasteiger partial charge in [-0.3, -0.25) is 0 Å². The molecule has 0 N–H and O–H groups in total. The Kier molecular flexibility index (Phi) is 8.33. The van der Waals surface area contributed by atoms with E-state index in [9.17, 15) is 47.9 Å². The monoisotopic (exact) mass is 618 g/mol. The maximum absolute atomic E-state index is 14.2. The third-order valence-corrected chi connectivity index (χ3v) is 11.5. The molecule has 14 heteroatoms. The minimum Gasteiger partial charge on any atom is -0.383 e. The standard InChI is InChI=1S/C26H24F9O3PS/c27-23(28,25(31,32)33)24(29,30)26(34,35)40(36,37)38-19-13-11-17-12-14-22(16-18(17)15-19)39(20-7-3-1-4-8-20)21-9-5-2-6-10-21/h1-10,15,17-18,22H,11-14,16H2. The lowest BCUT2D eigenvalue weighted by Crippen LogP contribution is -2.63. The largest absolute Gasteiger partial charge is 0.460 e. The second-order valence-electron chi connectivity index (χ2n) is 9.80. The molecule has 4 rings (SSSR count). The van der Waals surface area contributed by atoms with Crippen LogP contribution in [-0.4, -0.2) is 37.4 Å². The molecular weight excluding hydrogens is 594 g/mol. The van der Waals surface area contributed by atoms with Crippen molar-refractivity contribution in [1.82, 2.24) is 0 Å². The maximum atomic E-state index is 14.2. The maximum Gasteiger partial charge on any atom is 0.460 e. The Morgan fingerprint density at radius 2 is 1.25 bits per heavy atom. The van der Waals surface area contributed by atoms with Gasteiger partial charge in [-0.15, -0.1) is 0 Å². The van der Waals surface area contributed by atoms with Gasteiger partial charge in [-0.25, -0.2) is 0 Å². The van der Waals surface area contributed by atoms with E-state index < -0.39 is 53.0 Å². The van der Waals surface area contributed by atoms with E-state index in [1.165, 1.54) is 6.08 Å². The van der Waals surface area contributed by atoms with Crippen LogP contribution in [0.5, 0.6) is 0 Å². The van der Waals surface area contributed by atoms with Gasteiger partial charge in [0.2, 0.25) is 0 Å². The molecule has 0 amide bonds. The number of halogens is 9. The number of fused-ring (bicyclic) bond motifs is 1. The van der Waals surface area contributed by atoms with Gasteiger partial charge in [-0.1, -0.05) is 60.7 Å². The van der Waals surface area contributed by atoms with Gasteiger partial charge in [0.05, 0.1) is 0 Å². The second kappa shape index (κ2) is 10.9. The first-order valence-corrected chi connectivity index (χ1v) is 15.1. The molecule has 0 radical (unpaired) electrons. The zero-order chi connectivity index (χ0) is 29.6. The third-order valence-electron chi connectivity index (χ3n) is 7.26. The van der Waals surface area contributed by atoms with Crippen LogP contribution in [-0.2, 0) is 14.3 Å². The lowest BCUT2D eigenvalue weighted by molar-refractivity contribution is -0.382. The third kappa shape index (κ3) is 5.47. The topological polar surface area (TPSA) is 43.4 Å². The van der Waals surface area contributed by atoms with Crippen molar-refractivity contribution in [1.29, 1.82) is 0 Å². The van der Waals surface area contributed by atoms with E-state index in [1.54, 1.807) is 0 Å². The number of benzene rings is 2. The number of alkyl halides is 9. The molecular formula is C26H24F9O3PS. The van der Waals surface area contributed by atoms with Crippen molar-refractivity contribution in [2.75, 3.05) is 0 Å². The van der Waals surface area contributed by atoms with Gasteiger partial charge in [-0.05, 0) is 67.8 Å². The van der Waals surface area contributed by atoms with Gasteiger partial charge in [-0.2, -0.15) is 47.9 Å². The smallest absolute Gasteiger partial charge is 0.383 e. The van der Waals surface area contributed by atoms with E-state index in [1.807, 2.05) is 60.7 Å². The first-order chi connectivity index (χ1) is 18.5. The average molecular weight is 618 g/mol. The average Bonchev–Trinajstić information content (AvgIpc) is 2.89. The summed E-state index contributed by atoms with van der Waals surface area (Å²) in [6.07, 6.45) is -3.97. The molecule has 0 heterocycles. The van der Waals surface area contributed by atoms with E-state index in [2.05, 4.69) is 4.18 Å². The molecule has 3 nitrogen and oxygen atoms in total. The van der Waals surface area contributed by atoms with Crippen molar-refractivity contribution in [3.05, 3.63) is 72.5 Å². The Labute approximate surface area is 226 Å². The summed E-state index contributed by atoms with van der Waals surface area (Å²) in [5, 5.41) is -4.71. The van der Waals surface area contributed by atoms with Gasteiger partial charge < -0.3 is 4.18 Å². The predicted molar refractivity (Wildman–Crippen MR) is 132 cm³/mol. The highest BCUT2D eigenvalue weighted by Gasteiger charge is 2.86. The van der Waals surface area contributed by atoms with Crippen LogP contribution in [0.4, 0.5) is 39.5 Å². The summed E-state index contributed by atoms with van der Waals surface area (Å²) in [6, 6.07) is 19.3. The highest BCUT2D eigenvalue weighted by molar-refractivity contribution is 7.88. The molecule has 40 heavy (non-hydrogen) atoms. The Morgan fingerprint density at radius 1 is 0.725 bits per heavy atom. The van der Waals surface area contributed by atoms with E-state index in [4.69, 9.17) is 0 Å². The quantitative estimate of drug-likeness (QED) is 0.177. The minimum atomic E-state index is -7.34. The fourth-order valence-corrected chi connectivity index (χ4v) is 9.18. The molecule has 0 aliphatic heterocycles. The molecule has 3 atom stereocenters. The molecule has 1 fully saturated rings. The molecule has 2 aliphatic rings. The molecule has 1 saturated carbocycles. The normalized spacial score (nSPS) is 22.9. The second-order valence-corrected chi connectivity index (χ2v) is 13.9. The summed E-state index contributed by atoms with van der Waals surface area (Å²) in [4.78, 5) is 0. The molecule has 3 unspecified atom stereocenters. The lowest BCUT2D eigenvalue weighted by atomic mass is 9.73. The van der Waals surface area contributed by atoms with Crippen LogP contribution >= 0.6 is 7.92 Å². The van der Waals surface area contributed by atoms with Crippen molar-refractivity contribution in [3.8, 4) is 0 Å². The summed E-state index contributed by atoms with van der Waals surface area (Å²) in [6.45, 7) is 0. The highest BCUT2D eigenvalue weighted by Crippen LogP contribution is 2.56. The summed E-state index contributed by atoms with van der Waals surface area (Å²) in [7, 11) is -7.84. The van der Waals surface area contributed by atoms with Gasteiger partial charge in [0.1, 0.15) is 5.76 Å². The Morgan fingerprint density at radius 3 is 1.75 bits per heavy atom. The first kappa shape index (κ1) is 30.7. The van der Waals surface area contributed by atoms with Crippen LogP contribution in [0.1, 0.15) is 32.1 Å². The zero-order valence-electron chi connectivity index (χ0n) is 20.6. The van der Waals surface area contributed by atoms with E-state index >= 15 is 0 Å². The fraction of sp³-hybridized carbons (Fsp3) is 0.462. The van der Waals surface area contributed by atoms with Crippen molar-refractivity contribution >= 4 is 28.6 Å². The van der Waals surface area contributed by atoms with E-state index in [0.29, 0.717) is 12.8 Å². The first-order valence-electron chi connectivity index (χ1n) is 12.2. The highest BCUT2D eigenvalue weighted by atomic mass is 32.2. The summed E-state index contributed by atoms with van der Waals surface area (Å²) in [5.41, 5.74) is 0.0736. The van der Waals surface area contributed by atoms with Gasteiger partial charge >= 0.3 is 33.4 Å². The lowest BCUT2D eigenvalue weighted by Gasteiger charge is -2.41. The molecule has 0 bridgehead atoms.